The molecule has 0 amide bonds. The van der Waals surface area contributed by atoms with Gasteiger partial charge in [0.2, 0.25) is 0 Å². The lowest BCUT2D eigenvalue weighted by Gasteiger charge is -2.38. The molecule has 0 N–H and O–H groups in total. The topological polar surface area (TPSA) is 33.2 Å². The smallest absolute Gasteiger partial charge is 0.160 e. The summed E-state index contributed by atoms with van der Waals surface area (Å²) in [5, 5.41) is 2.97. The number of rotatable bonds is 6. The molecule has 1 atom stereocenters. The van der Waals surface area contributed by atoms with Gasteiger partial charge in [-0.05, 0) is 32.6 Å². The second kappa shape index (κ2) is 7.96. The van der Waals surface area contributed by atoms with E-state index >= 15 is 0 Å². The molecule has 1 aromatic carbocycles. The maximum atomic E-state index is 11.9. The van der Waals surface area contributed by atoms with Crippen LogP contribution >= 0.6 is 11.3 Å². The van der Waals surface area contributed by atoms with E-state index in [4.69, 9.17) is 4.98 Å². The fraction of sp³-hybridized carbons (Fsp3) is 0.429. The largest absolute Gasteiger partial charge is 0.367 e. The fourth-order valence-corrected chi connectivity index (χ4v) is 4.51. The number of carbonyl (C=O) groups is 1. The highest BCUT2D eigenvalue weighted by atomic mass is 32.1. The molecule has 1 unspecified atom stereocenters. The van der Waals surface area contributed by atoms with Gasteiger partial charge in [-0.3, -0.25) is 4.79 Å². The van der Waals surface area contributed by atoms with Crippen LogP contribution in [-0.2, 0) is 0 Å². The van der Waals surface area contributed by atoms with Gasteiger partial charge in [0, 0.05) is 29.1 Å². The lowest BCUT2D eigenvalue weighted by Crippen LogP contribution is -2.37. The zero-order chi connectivity index (χ0) is 17.8. The Morgan fingerprint density at radius 1 is 1.36 bits per heavy atom. The van der Waals surface area contributed by atoms with Gasteiger partial charge in [-0.25, -0.2) is 4.98 Å². The van der Waals surface area contributed by atoms with Crippen LogP contribution < -0.4 is 0 Å². The maximum absolute atomic E-state index is 11.9. The molecule has 25 heavy (non-hydrogen) atoms. The van der Waals surface area contributed by atoms with Crippen molar-refractivity contribution >= 4 is 22.8 Å². The Balaban J connectivity index is 1.86. The van der Waals surface area contributed by atoms with Crippen molar-refractivity contribution in [3.63, 3.8) is 0 Å². The second-order valence-corrected chi connectivity index (χ2v) is 7.58. The Bertz CT molecular complexity index is 763. The van der Waals surface area contributed by atoms with Crippen molar-refractivity contribution < 1.29 is 4.79 Å². The summed E-state index contributed by atoms with van der Waals surface area (Å²) in [5.74, 6) is 0.0743. The SMILES string of the molecule is C=C(c1csc(-c2ccccc2C(C)=O)n1)N1CCCCC1CCC. The van der Waals surface area contributed by atoms with Crippen LogP contribution in [0.2, 0.25) is 0 Å². The molecule has 0 spiro atoms. The van der Waals surface area contributed by atoms with Crippen molar-refractivity contribution in [3.8, 4) is 10.6 Å². The molecule has 0 bridgehead atoms. The molecule has 2 aromatic rings. The molecule has 4 heteroatoms. The van der Waals surface area contributed by atoms with Crippen LogP contribution in [0.3, 0.4) is 0 Å². The second-order valence-electron chi connectivity index (χ2n) is 6.72. The van der Waals surface area contributed by atoms with Gasteiger partial charge in [-0.15, -0.1) is 11.3 Å². The van der Waals surface area contributed by atoms with E-state index in [1.54, 1.807) is 18.3 Å². The van der Waals surface area contributed by atoms with Gasteiger partial charge >= 0.3 is 0 Å². The minimum absolute atomic E-state index is 0.0743. The van der Waals surface area contributed by atoms with Crippen LogP contribution in [0.25, 0.3) is 16.3 Å². The Morgan fingerprint density at radius 3 is 2.92 bits per heavy atom. The molecule has 1 fully saturated rings. The number of hydrogen-bond acceptors (Lipinski definition) is 4. The number of likely N-dealkylation sites (tertiary alicyclic amines) is 1. The lowest BCUT2D eigenvalue weighted by molar-refractivity contribution is 0.101. The summed E-state index contributed by atoms with van der Waals surface area (Å²) in [6.07, 6.45) is 6.19. The summed E-state index contributed by atoms with van der Waals surface area (Å²) < 4.78 is 0. The third kappa shape index (κ3) is 3.84. The van der Waals surface area contributed by atoms with Gasteiger partial charge in [-0.2, -0.15) is 0 Å². The Morgan fingerprint density at radius 2 is 2.16 bits per heavy atom. The van der Waals surface area contributed by atoms with Crippen molar-refractivity contribution in [2.24, 2.45) is 0 Å². The van der Waals surface area contributed by atoms with E-state index in [-0.39, 0.29) is 5.78 Å². The molecule has 1 aliphatic rings. The minimum Gasteiger partial charge on any atom is -0.367 e. The first kappa shape index (κ1) is 17.9. The van der Waals surface area contributed by atoms with Crippen LogP contribution in [0.5, 0.6) is 0 Å². The van der Waals surface area contributed by atoms with Gasteiger partial charge in [0.25, 0.3) is 0 Å². The number of benzene rings is 1. The van der Waals surface area contributed by atoms with E-state index in [1.807, 2.05) is 24.3 Å². The normalized spacial score (nSPS) is 17.5. The quantitative estimate of drug-likeness (QED) is 0.630. The van der Waals surface area contributed by atoms with E-state index in [2.05, 4.69) is 23.8 Å². The van der Waals surface area contributed by atoms with Crippen molar-refractivity contribution in [1.29, 1.82) is 0 Å². The van der Waals surface area contributed by atoms with Crippen LogP contribution in [-0.4, -0.2) is 28.3 Å². The van der Waals surface area contributed by atoms with Gasteiger partial charge < -0.3 is 4.90 Å². The third-order valence-corrected chi connectivity index (χ3v) is 5.81. The minimum atomic E-state index is 0.0743. The number of piperidine rings is 1. The zero-order valence-corrected chi connectivity index (χ0v) is 15.9. The molecule has 1 aliphatic heterocycles. The number of carbonyl (C=O) groups excluding carboxylic acids is 1. The van der Waals surface area contributed by atoms with Crippen molar-refractivity contribution in [1.82, 2.24) is 9.88 Å². The predicted molar refractivity (Wildman–Crippen MR) is 106 cm³/mol. The summed E-state index contributed by atoms with van der Waals surface area (Å²) in [6, 6.07) is 8.29. The molecular formula is C21H26N2OS. The monoisotopic (exact) mass is 354 g/mol. The van der Waals surface area contributed by atoms with Crippen molar-refractivity contribution in [3.05, 3.63) is 47.5 Å². The number of nitrogens with zero attached hydrogens (tertiary/aromatic N) is 2. The molecule has 1 aromatic heterocycles. The summed E-state index contributed by atoms with van der Waals surface area (Å²) >= 11 is 1.59. The van der Waals surface area contributed by atoms with E-state index in [9.17, 15) is 4.79 Å². The number of thiazole rings is 1. The summed E-state index contributed by atoms with van der Waals surface area (Å²) in [5.41, 5.74) is 3.63. The Hall–Kier alpha value is -1.94. The van der Waals surface area contributed by atoms with E-state index in [1.165, 1.54) is 32.1 Å². The Kier molecular flexibility index (Phi) is 5.69. The zero-order valence-electron chi connectivity index (χ0n) is 15.1. The summed E-state index contributed by atoms with van der Waals surface area (Å²) in [6.45, 7) is 9.27. The highest BCUT2D eigenvalue weighted by Gasteiger charge is 2.24. The van der Waals surface area contributed by atoms with Gasteiger partial charge in [0.1, 0.15) is 5.01 Å². The number of hydrogen-bond donors (Lipinski definition) is 0. The molecule has 3 rings (SSSR count). The lowest BCUT2D eigenvalue weighted by atomic mass is 9.97. The first-order valence-corrected chi connectivity index (χ1v) is 10.0. The van der Waals surface area contributed by atoms with E-state index in [0.717, 1.165) is 34.1 Å². The average molecular weight is 355 g/mol. The van der Waals surface area contributed by atoms with Crippen molar-refractivity contribution in [2.75, 3.05) is 6.54 Å². The van der Waals surface area contributed by atoms with Crippen LogP contribution in [0.1, 0.15) is 62.0 Å². The molecular weight excluding hydrogens is 328 g/mol. The average Bonchev–Trinajstić information content (AvgIpc) is 3.12. The van der Waals surface area contributed by atoms with Crippen LogP contribution in [0.4, 0.5) is 0 Å². The standard InChI is InChI=1S/C21H26N2OS/c1-4-9-17-10-7-8-13-23(17)15(2)20-14-25-21(22-20)19-12-6-5-11-18(19)16(3)24/h5-6,11-12,14,17H,2,4,7-10,13H2,1,3H3. The molecule has 0 radical (unpaired) electrons. The van der Waals surface area contributed by atoms with Crippen molar-refractivity contribution in [2.45, 2.75) is 52.0 Å². The number of Topliss-reactive ketones (excluding diaryl/α,β-unsaturated/α-hetero) is 1. The number of aromatic nitrogens is 1. The van der Waals surface area contributed by atoms with Gasteiger partial charge in [-0.1, -0.05) is 44.2 Å². The van der Waals surface area contributed by atoms with Gasteiger partial charge in [0.15, 0.2) is 5.78 Å². The van der Waals surface area contributed by atoms with Gasteiger partial charge in [0.05, 0.1) is 11.4 Å². The molecule has 0 saturated carbocycles. The van der Waals surface area contributed by atoms with Crippen LogP contribution in [0, 0.1) is 0 Å². The number of ketones is 1. The third-order valence-electron chi connectivity index (χ3n) is 4.93. The Labute approximate surface area is 154 Å². The maximum Gasteiger partial charge on any atom is 0.160 e. The highest BCUT2D eigenvalue weighted by molar-refractivity contribution is 7.13. The van der Waals surface area contributed by atoms with E-state index in [0.29, 0.717) is 6.04 Å². The van der Waals surface area contributed by atoms with E-state index < -0.39 is 0 Å². The summed E-state index contributed by atoms with van der Waals surface area (Å²) in [7, 11) is 0. The first-order valence-electron chi connectivity index (χ1n) is 9.13. The molecule has 132 valence electrons. The van der Waals surface area contributed by atoms with Crippen LogP contribution in [0.15, 0.2) is 36.2 Å². The molecule has 2 heterocycles. The molecule has 3 nitrogen and oxygen atoms in total. The molecule has 1 saturated heterocycles. The first-order chi connectivity index (χ1) is 12.1. The molecule has 0 aliphatic carbocycles. The summed E-state index contributed by atoms with van der Waals surface area (Å²) in [4.78, 5) is 19.2. The fourth-order valence-electron chi connectivity index (χ4n) is 3.64. The predicted octanol–water partition coefficient (Wildman–Crippen LogP) is 5.64. The highest BCUT2D eigenvalue weighted by Crippen LogP contribution is 2.33.